The van der Waals surface area contributed by atoms with Gasteiger partial charge in [0.1, 0.15) is 0 Å². The van der Waals surface area contributed by atoms with E-state index in [4.69, 9.17) is 14.6 Å². The van der Waals surface area contributed by atoms with E-state index in [-0.39, 0.29) is 0 Å². The number of hydrogen-bond donors (Lipinski definition) is 1. The van der Waals surface area contributed by atoms with E-state index in [0.717, 1.165) is 62.9 Å². The lowest BCUT2D eigenvalue weighted by Gasteiger charge is -2.27. The fourth-order valence-electron chi connectivity index (χ4n) is 4.42. The van der Waals surface area contributed by atoms with Crippen molar-refractivity contribution >= 4 is 17.7 Å². The average molecular weight is 399 g/mol. The number of unbranched alkanes of at least 4 members (excludes halogenated alkanes) is 4. The fraction of sp³-hybridized carbons (Fsp3) is 0.864. The number of ether oxygens (including phenoxy) is 2. The van der Waals surface area contributed by atoms with Crippen molar-refractivity contribution in [3.63, 3.8) is 0 Å². The van der Waals surface area contributed by atoms with Crippen LogP contribution in [0.5, 0.6) is 0 Å². The molecule has 2 aliphatic rings. The topological polar surface area (TPSA) is 55.8 Å². The molecule has 4 atom stereocenters. The molecule has 4 unspecified atom stereocenters. The van der Waals surface area contributed by atoms with Crippen LogP contribution in [-0.4, -0.2) is 48.0 Å². The lowest BCUT2D eigenvalue weighted by atomic mass is 9.77. The van der Waals surface area contributed by atoms with E-state index in [0.29, 0.717) is 18.6 Å². The highest BCUT2D eigenvalue weighted by atomic mass is 32.2. The first-order valence-corrected chi connectivity index (χ1v) is 12.1. The Balaban J connectivity index is 1.57. The number of carboxylic acids is 1. The Morgan fingerprint density at radius 2 is 1.89 bits per heavy atom. The molecule has 0 radical (unpaired) electrons. The standard InChI is InChI=1S/C22H38O4S/c1-2-25-15-9-5-6-10-16-27-17-19-18(20-13-14-21(19)26-20)11-7-3-4-8-12-22(23)24/h6,10,18-21H,2-5,7-9,11-17H2,1H3,(H,23,24)/b10-6+. The number of aliphatic carboxylic acids is 1. The molecule has 2 saturated heterocycles. The molecule has 156 valence electrons. The maximum atomic E-state index is 10.6. The van der Waals surface area contributed by atoms with E-state index < -0.39 is 5.97 Å². The molecule has 2 rings (SSSR count). The second kappa shape index (κ2) is 13.6. The molecule has 0 aliphatic carbocycles. The van der Waals surface area contributed by atoms with Crippen LogP contribution in [0.25, 0.3) is 0 Å². The lowest BCUT2D eigenvalue weighted by Crippen LogP contribution is -2.29. The maximum Gasteiger partial charge on any atom is 0.303 e. The summed E-state index contributed by atoms with van der Waals surface area (Å²) < 4.78 is 11.6. The number of carbonyl (C=O) groups is 1. The monoisotopic (exact) mass is 398 g/mol. The summed E-state index contributed by atoms with van der Waals surface area (Å²) in [6.07, 6.45) is 16.1. The summed E-state index contributed by atoms with van der Waals surface area (Å²) in [6, 6.07) is 0. The van der Waals surface area contributed by atoms with Gasteiger partial charge in [0.15, 0.2) is 0 Å². The SMILES string of the molecule is CCOCCC/C=C/CSCC1C2CCC(O2)C1CCCCCCC(=O)O. The van der Waals surface area contributed by atoms with Gasteiger partial charge < -0.3 is 14.6 Å². The van der Waals surface area contributed by atoms with E-state index in [1.54, 1.807) is 0 Å². The van der Waals surface area contributed by atoms with Crippen LogP contribution in [-0.2, 0) is 14.3 Å². The molecule has 0 saturated carbocycles. The molecule has 27 heavy (non-hydrogen) atoms. The van der Waals surface area contributed by atoms with Crippen LogP contribution in [0.2, 0.25) is 0 Å². The van der Waals surface area contributed by atoms with Gasteiger partial charge in [0.2, 0.25) is 0 Å². The second-order valence-electron chi connectivity index (χ2n) is 7.81. The van der Waals surface area contributed by atoms with Crippen LogP contribution < -0.4 is 0 Å². The summed E-state index contributed by atoms with van der Waals surface area (Å²) in [6.45, 7) is 3.72. The van der Waals surface area contributed by atoms with Gasteiger partial charge >= 0.3 is 5.97 Å². The highest BCUT2D eigenvalue weighted by Crippen LogP contribution is 2.46. The van der Waals surface area contributed by atoms with Crippen LogP contribution in [0.3, 0.4) is 0 Å². The van der Waals surface area contributed by atoms with Crippen LogP contribution >= 0.6 is 11.8 Å². The van der Waals surface area contributed by atoms with Gasteiger partial charge in [-0.2, -0.15) is 11.8 Å². The number of rotatable bonds is 16. The number of carboxylic acid groups (broad SMARTS) is 1. The molecule has 2 bridgehead atoms. The second-order valence-corrected chi connectivity index (χ2v) is 8.89. The molecule has 5 heteroatoms. The molecule has 2 fully saturated rings. The van der Waals surface area contributed by atoms with Gasteiger partial charge in [-0.15, -0.1) is 0 Å². The third-order valence-corrected chi connectivity index (χ3v) is 6.87. The fourth-order valence-corrected chi connectivity index (χ4v) is 5.56. The summed E-state index contributed by atoms with van der Waals surface area (Å²) in [5, 5.41) is 8.70. The van der Waals surface area contributed by atoms with Crippen LogP contribution in [0, 0.1) is 11.8 Å². The van der Waals surface area contributed by atoms with Crippen molar-refractivity contribution in [1.29, 1.82) is 0 Å². The Bertz CT molecular complexity index is 440. The predicted molar refractivity (Wildman–Crippen MR) is 112 cm³/mol. The quantitative estimate of drug-likeness (QED) is 0.282. The van der Waals surface area contributed by atoms with Gasteiger partial charge in [0.05, 0.1) is 12.2 Å². The molecule has 0 aromatic carbocycles. The summed E-state index contributed by atoms with van der Waals surface area (Å²) in [4.78, 5) is 10.6. The molecule has 0 aromatic heterocycles. The highest BCUT2D eigenvalue weighted by molar-refractivity contribution is 7.99. The van der Waals surface area contributed by atoms with Crippen molar-refractivity contribution in [3.05, 3.63) is 12.2 Å². The average Bonchev–Trinajstić information content (AvgIpc) is 3.25. The minimum absolute atomic E-state index is 0.315. The molecule has 2 heterocycles. The largest absolute Gasteiger partial charge is 0.481 e. The van der Waals surface area contributed by atoms with Crippen molar-refractivity contribution in [1.82, 2.24) is 0 Å². The third kappa shape index (κ3) is 8.57. The van der Waals surface area contributed by atoms with Crippen LogP contribution in [0.1, 0.15) is 71.1 Å². The van der Waals surface area contributed by atoms with Crippen molar-refractivity contribution in [2.45, 2.75) is 83.3 Å². The zero-order chi connectivity index (χ0) is 19.3. The van der Waals surface area contributed by atoms with E-state index in [2.05, 4.69) is 12.2 Å². The zero-order valence-corrected chi connectivity index (χ0v) is 17.8. The maximum absolute atomic E-state index is 10.6. The number of thioether (sulfide) groups is 1. The third-order valence-electron chi connectivity index (χ3n) is 5.82. The van der Waals surface area contributed by atoms with E-state index in [1.165, 1.54) is 31.4 Å². The van der Waals surface area contributed by atoms with Gasteiger partial charge in [-0.1, -0.05) is 31.4 Å². The summed E-state index contributed by atoms with van der Waals surface area (Å²) in [5.41, 5.74) is 0. The minimum Gasteiger partial charge on any atom is -0.481 e. The molecule has 4 nitrogen and oxygen atoms in total. The molecule has 2 aliphatic heterocycles. The van der Waals surface area contributed by atoms with Crippen LogP contribution in [0.15, 0.2) is 12.2 Å². The smallest absolute Gasteiger partial charge is 0.303 e. The lowest BCUT2D eigenvalue weighted by molar-refractivity contribution is -0.137. The zero-order valence-electron chi connectivity index (χ0n) is 16.9. The summed E-state index contributed by atoms with van der Waals surface area (Å²) >= 11 is 2.05. The first kappa shape index (κ1) is 22.8. The van der Waals surface area contributed by atoms with Gasteiger partial charge in [-0.05, 0) is 63.0 Å². The van der Waals surface area contributed by atoms with Gasteiger partial charge in [-0.25, -0.2) is 0 Å². The van der Waals surface area contributed by atoms with Crippen LogP contribution in [0.4, 0.5) is 0 Å². The molecule has 0 aromatic rings. The minimum atomic E-state index is -0.670. The van der Waals surface area contributed by atoms with Gasteiger partial charge in [0, 0.05) is 25.4 Å². The Hall–Kier alpha value is -0.520. The van der Waals surface area contributed by atoms with E-state index in [9.17, 15) is 4.79 Å². The number of fused-ring (bicyclic) bond motifs is 2. The molecular weight excluding hydrogens is 360 g/mol. The summed E-state index contributed by atoms with van der Waals surface area (Å²) in [7, 11) is 0. The summed E-state index contributed by atoms with van der Waals surface area (Å²) in [5.74, 6) is 3.10. The Labute approximate surface area is 169 Å². The molecule has 0 amide bonds. The van der Waals surface area contributed by atoms with E-state index in [1.807, 2.05) is 18.7 Å². The molecule has 0 spiro atoms. The van der Waals surface area contributed by atoms with E-state index >= 15 is 0 Å². The van der Waals surface area contributed by atoms with Crippen molar-refractivity contribution in [3.8, 4) is 0 Å². The van der Waals surface area contributed by atoms with Crippen molar-refractivity contribution in [2.24, 2.45) is 11.8 Å². The Morgan fingerprint density at radius 1 is 1.11 bits per heavy atom. The molecule has 1 N–H and O–H groups in total. The van der Waals surface area contributed by atoms with Crippen molar-refractivity contribution < 1.29 is 19.4 Å². The molecular formula is C22H38O4S. The number of allylic oxidation sites excluding steroid dienone is 1. The Morgan fingerprint density at radius 3 is 2.67 bits per heavy atom. The van der Waals surface area contributed by atoms with Gasteiger partial charge in [-0.3, -0.25) is 4.79 Å². The van der Waals surface area contributed by atoms with Gasteiger partial charge in [0.25, 0.3) is 0 Å². The first-order valence-electron chi connectivity index (χ1n) is 10.9. The number of hydrogen-bond acceptors (Lipinski definition) is 4. The first-order chi connectivity index (χ1) is 13.2. The predicted octanol–water partition coefficient (Wildman–Crippen LogP) is 5.31. The highest BCUT2D eigenvalue weighted by Gasteiger charge is 2.47. The normalized spacial score (nSPS) is 27.0. The van der Waals surface area contributed by atoms with Crippen molar-refractivity contribution in [2.75, 3.05) is 24.7 Å². The Kier molecular flexibility index (Phi) is 11.5.